The van der Waals surface area contributed by atoms with E-state index in [4.69, 9.17) is 5.73 Å². The highest BCUT2D eigenvalue weighted by atomic mass is 16.3. The van der Waals surface area contributed by atoms with Gasteiger partial charge in [0.05, 0.1) is 11.8 Å². The number of rotatable bonds is 3. The number of hydrogen-bond acceptors (Lipinski definition) is 4. The van der Waals surface area contributed by atoms with Crippen LogP contribution >= 0.6 is 0 Å². The van der Waals surface area contributed by atoms with E-state index in [1.54, 1.807) is 42.5 Å². The maximum atomic E-state index is 11.8. The molecule has 0 bridgehead atoms. The molecule has 0 aromatic heterocycles. The van der Waals surface area contributed by atoms with Crippen LogP contribution in [0.5, 0.6) is 5.75 Å². The second-order valence-corrected chi connectivity index (χ2v) is 3.88. The summed E-state index contributed by atoms with van der Waals surface area (Å²) in [6, 6.07) is 13.3. The third-order valence-electron chi connectivity index (χ3n) is 2.46. The molecule has 0 fully saturated rings. The van der Waals surface area contributed by atoms with Gasteiger partial charge in [-0.25, -0.2) is 5.43 Å². The minimum Gasteiger partial charge on any atom is -0.508 e. The number of phenolic OH excluding ortho intramolecular Hbond substituents is 1. The van der Waals surface area contributed by atoms with Gasteiger partial charge >= 0.3 is 0 Å². The Morgan fingerprint density at radius 2 is 2.00 bits per heavy atom. The molecule has 0 aliphatic rings. The summed E-state index contributed by atoms with van der Waals surface area (Å²) in [5.41, 5.74) is 9.50. The van der Waals surface area contributed by atoms with Crippen LogP contribution in [-0.2, 0) is 0 Å². The molecule has 2 aromatic carbocycles. The lowest BCUT2D eigenvalue weighted by molar-refractivity contribution is 0.0956. The molecular weight excluding hydrogens is 242 g/mol. The predicted molar refractivity (Wildman–Crippen MR) is 74.0 cm³/mol. The van der Waals surface area contributed by atoms with Crippen LogP contribution in [0.4, 0.5) is 5.69 Å². The Bertz CT molecular complexity index is 624. The molecule has 2 rings (SSSR count). The van der Waals surface area contributed by atoms with E-state index in [1.807, 2.05) is 0 Å². The highest BCUT2D eigenvalue weighted by Crippen LogP contribution is 2.10. The fourth-order valence-corrected chi connectivity index (χ4v) is 1.53. The SMILES string of the molecule is Nc1ccccc1C(=O)N/N=C/c1cccc(O)c1. The Hall–Kier alpha value is -2.82. The van der Waals surface area contributed by atoms with E-state index in [9.17, 15) is 9.90 Å². The number of anilines is 1. The van der Waals surface area contributed by atoms with E-state index in [1.165, 1.54) is 12.3 Å². The van der Waals surface area contributed by atoms with E-state index in [-0.39, 0.29) is 11.7 Å². The van der Waals surface area contributed by atoms with Crippen LogP contribution in [0.1, 0.15) is 15.9 Å². The molecule has 0 unspecified atom stereocenters. The molecule has 1 amide bonds. The topological polar surface area (TPSA) is 87.7 Å². The van der Waals surface area contributed by atoms with Crippen molar-refractivity contribution in [2.24, 2.45) is 5.10 Å². The number of hydrazone groups is 1. The van der Waals surface area contributed by atoms with E-state index in [0.29, 0.717) is 16.8 Å². The molecule has 0 spiro atoms. The van der Waals surface area contributed by atoms with Gasteiger partial charge in [0.2, 0.25) is 0 Å². The van der Waals surface area contributed by atoms with E-state index in [2.05, 4.69) is 10.5 Å². The van der Waals surface area contributed by atoms with Crippen molar-refractivity contribution in [1.29, 1.82) is 0 Å². The average molecular weight is 255 g/mol. The zero-order valence-electron chi connectivity index (χ0n) is 10.1. The first-order valence-electron chi connectivity index (χ1n) is 5.64. The van der Waals surface area contributed by atoms with Gasteiger partial charge in [0.15, 0.2) is 0 Å². The second-order valence-electron chi connectivity index (χ2n) is 3.88. The van der Waals surface area contributed by atoms with Gasteiger partial charge in [-0.05, 0) is 29.8 Å². The molecule has 96 valence electrons. The third kappa shape index (κ3) is 3.32. The van der Waals surface area contributed by atoms with Gasteiger partial charge in [0, 0.05) is 5.69 Å². The van der Waals surface area contributed by atoms with Gasteiger partial charge in [-0.3, -0.25) is 4.79 Å². The standard InChI is InChI=1S/C14H13N3O2/c15-13-7-2-1-6-12(13)14(19)17-16-9-10-4-3-5-11(18)8-10/h1-9,18H,15H2,(H,17,19)/b16-9+. The molecular formula is C14H13N3O2. The highest BCUT2D eigenvalue weighted by molar-refractivity contribution is 5.99. The number of hydrogen-bond donors (Lipinski definition) is 3. The molecule has 2 aromatic rings. The van der Waals surface area contributed by atoms with E-state index < -0.39 is 0 Å². The van der Waals surface area contributed by atoms with Crippen molar-refractivity contribution in [2.75, 3.05) is 5.73 Å². The van der Waals surface area contributed by atoms with Gasteiger partial charge in [0.1, 0.15) is 5.75 Å². The summed E-state index contributed by atoms with van der Waals surface area (Å²) in [6.45, 7) is 0. The summed E-state index contributed by atoms with van der Waals surface area (Å²) in [5, 5.41) is 13.1. The van der Waals surface area contributed by atoms with Gasteiger partial charge < -0.3 is 10.8 Å². The molecule has 0 saturated carbocycles. The van der Waals surface area contributed by atoms with Crippen molar-refractivity contribution >= 4 is 17.8 Å². The van der Waals surface area contributed by atoms with Crippen LogP contribution in [0.2, 0.25) is 0 Å². The molecule has 0 saturated heterocycles. The molecule has 4 N–H and O–H groups in total. The fourth-order valence-electron chi connectivity index (χ4n) is 1.53. The average Bonchev–Trinajstić information content (AvgIpc) is 2.39. The van der Waals surface area contributed by atoms with Gasteiger partial charge in [-0.2, -0.15) is 5.10 Å². The molecule has 0 aliphatic carbocycles. The lowest BCUT2D eigenvalue weighted by Gasteiger charge is -2.02. The first-order chi connectivity index (χ1) is 9.16. The number of carbonyl (C=O) groups is 1. The smallest absolute Gasteiger partial charge is 0.273 e. The van der Waals surface area contributed by atoms with Crippen molar-refractivity contribution in [2.45, 2.75) is 0 Å². The number of aromatic hydroxyl groups is 1. The Labute approximate surface area is 110 Å². The first kappa shape index (κ1) is 12.6. The predicted octanol–water partition coefficient (Wildman–Crippen LogP) is 1.74. The number of amides is 1. The number of nitrogens with two attached hydrogens (primary N) is 1. The molecule has 5 heteroatoms. The van der Waals surface area contributed by atoms with Crippen molar-refractivity contribution in [1.82, 2.24) is 5.43 Å². The summed E-state index contributed by atoms with van der Waals surface area (Å²) in [6.07, 6.45) is 1.44. The monoisotopic (exact) mass is 255 g/mol. The van der Waals surface area contributed by atoms with Crippen LogP contribution < -0.4 is 11.2 Å². The van der Waals surface area contributed by atoms with E-state index >= 15 is 0 Å². The first-order valence-corrected chi connectivity index (χ1v) is 5.64. The van der Waals surface area contributed by atoms with Crippen LogP contribution in [-0.4, -0.2) is 17.2 Å². The summed E-state index contributed by atoms with van der Waals surface area (Å²) in [5.74, 6) is -0.239. The maximum absolute atomic E-state index is 11.8. The Kier molecular flexibility index (Phi) is 3.78. The Morgan fingerprint density at radius 1 is 1.21 bits per heavy atom. The van der Waals surface area contributed by atoms with Crippen molar-refractivity contribution in [3.8, 4) is 5.75 Å². The van der Waals surface area contributed by atoms with Crippen LogP contribution in [0.25, 0.3) is 0 Å². The zero-order valence-corrected chi connectivity index (χ0v) is 10.1. The van der Waals surface area contributed by atoms with Gasteiger partial charge in [0.25, 0.3) is 5.91 Å². The largest absolute Gasteiger partial charge is 0.508 e. The van der Waals surface area contributed by atoms with Gasteiger partial charge in [-0.15, -0.1) is 0 Å². The summed E-state index contributed by atoms with van der Waals surface area (Å²) in [4.78, 5) is 11.8. The molecule has 0 aliphatic heterocycles. The van der Waals surface area contributed by atoms with Crippen molar-refractivity contribution in [3.63, 3.8) is 0 Å². The van der Waals surface area contributed by atoms with Crippen molar-refractivity contribution in [3.05, 3.63) is 59.7 Å². The van der Waals surface area contributed by atoms with Crippen LogP contribution in [0.15, 0.2) is 53.6 Å². The lowest BCUT2D eigenvalue weighted by atomic mass is 10.2. The number of nitrogen functional groups attached to an aromatic ring is 1. The summed E-state index contributed by atoms with van der Waals surface area (Å²) in [7, 11) is 0. The maximum Gasteiger partial charge on any atom is 0.273 e. The summed E-state index contributed by atoms with van der Waals surface area (Å²) >= 11 is 0. The molecule has 19 heavy (non-hydrogen) atoms. The highest BCUT2D eigenvalue weighted by Gasteiger charge is 2.06. The minimum absolute atomic E-state index is 0.141. The number of phenols is 1. The third-order valence-corrected chi connectivity index (χ3v) is 2.46. The molecule has 0 heterocycles. The Balaban J connectivity index is 2.03. The van der Waals surface area contributed by atoms with Crippen molar-refractivity contribution < 1.29 is 9.90 Å². The van der Waals surface area contributed by atoms with Gasteiger partial charge in [-0.1, -0.05) is 24.3 Å². The number of nitrogens with one attached hydrogen (secondary N) is 1. The lowest BCUT2D eigenvalue weighted by Crippen LogP contribution is -2.18. The second kappa shape index (κ2) is 5.68. The zero-order chi connectivity index (χ0) is 13.7. The van der Waals surface area contributed by atoms with E-state index in [0.717, 1.165) is 0 Å². The molecule has 0 atom stereocenters. The summed E-state index contributed by atoms with van der Waals surface area (Å²) < 4.78 is 0. The number of nitrogens with zero attached hydrogens (tertiary/aromatic N) is 1. The van der Waals surface area contributed by atoms with Crippen LogP contribution in [0, 0.1) is 0 Å². The quantitative estimate of drug-likeness (QED) is 0.443. The Morgan fingerprint density at radius 3 is 2.74 bits per heavy atom. The normalized spacial score (nSPS) is 10.5. The number of benzene rings is 2. The molecule has 5 nitrogen and oxygen atoms in total. The minimum atomic E-state index is -0.380. The molecule has 0 radical (unpaired) electrons. The number of para-hydroxylation sites is 1. The van der Waals surface area contributed by atoms with Crippen LogP contribution in [0.3, 0.4) is 0 Å². The number of carbonyl (C=O) groups excluding carboxylic acids is 1. The fraction of sp³-hybridized carbons (Fsp3) is 0.